The third-order valence-corrected chi connectivity index (χ3v) is 4.67. The van der Waals surface area contributed by atoms with Crippen LogP contribution in [-0.4, -0.2) is 21.5 Å². The topological polar surface area (TPSA) is 76.7 Å². The van der Waals surface area contributed by atoms with Crippen molar-refractivity contribution in [1.82, 2.24) is 15.0 Å². The van der Waals surface area contributed by atoms with Gasteiger partial charge in [0, 0.05) is 16.7 Å². The van der Waals surface area contributed by atoms with Crippen LogP contribution in [-0.2, 0) is 19.4 Å². The summed E-state index contributed by atoms with van der Waals surface area (Å²) in [6.07, 6.45) is 1.63. The van der Waals surface area contributed by atoms with Gasteiger partial charge >= 0.3 is 0 Å². The summed E-state index contributed by atoms with van der Waals surface area (Å²) < 4.78 is 0. The predicted molar refractivity (Wildman–Crippen MR) is 95.9 cm³/mol. The van der Waals surface area contributed by atoms with Crippen LogP contribution >= 0.6 is 11.3 Å². The van der Waals surface area contributed by atoms with E-state index in [2.05, 4.69) is 27.2 Å². The van der Waals surface area contributed by atoms with E-state index >= 15 is 0 Å². The second-order valence-electron chi connectivity index (χ2n) is 5.35. The largest absolute Gasteiger partial charge is 0.364 e. The summed E-state index contributed by atoms with van der Waals surface area (Å²) >= 11 is 1.74. The van der Waals surface area contributed by atoms with Gasteiger partial charge in [-0.2, -0.15) is 0 Å². The Morgan fingerprint density at radius 2 is 2.00 bits per heavy atom. The minimum atomic E-state index is 0.547. The Bertz CT molecular complexity index is 812. The molecule has 0 saturated carbocycles. The molecular weight excluding hydrogens is 306 g/mol. The molecule has 6 heteroatoms. The average molecular weight is 327 g/mol. The summed E-state index contributed by atoms with van der Waals surface area (Å²) in [4.78, 5) is 15.1. The molecule has 0 fully saturated rings. The summed E-state index contributed by atoms with van der Waals surface area (Å²) in [7, 11) is 0. The number of benzene rings is 1. The SMILES string of the molecule is CCc1nc(C)sc1CNc1nc(CCN)nc2ccccc12. The molecule has 3 N–H and O–H groups in total. The summed E-state index contributed by atoms with van der Waals surface area (Å²) in [5, 5.41) is 5.61. The molecule has 23 heavy (non-hydrogen) atoms. The summed E-state index contributed by atoms with van der Waals surface area (Å²) in [5.74, 6) is 1.65. The summed E-state index contributed by atoms with van der Waals surface area (Å²) in [6, 6.07) is 8.06. The van der Waals surface area contributed by atoms with Gasteiger partial charge in [-0.15, -0.1) is 11.3 Å². The zero-order valence-corrected chi connectivity index (χ0v) is 14.3. The lowest BCUT2D eigenvalue weighted by atomic mass is 10.2. The van der Waals surface area contributed by atoms with Crippen LogP contribution < -0.4 is 11.1 Å². The Kier molecular flexibility index (Phi) is 4.83. The number of rotatable bonds is 6. The van der Waals surface area contributed by atoms with Gasteiger partial charge in [0.2, 0.25) is 0 Å². The van der Waals surface area contributed by atoms with Crippen molar-refractivity contribution in [2.45, 2.75) is 33.2 Å². The van der Waals surface area contributed by atoms with Crippen molar-refractivity contribution in [2.24, 2.45) is 5.73 Å². The van der Waals surface area contributed by atoms with Gasteiger partial charge in [-0.25, -0.2) is 15.0 Å². The van der Waals surface area contributed by atoms with E-state index in [1.54, 1.807) is 11.3 Å². The fourth-order valence-corrected chi connectivity index (χ4v) is 3.56. The maximum atomic E-state index is 5.65. The number of hydrogen-bond acceptors (Lipinski definition) is 6. The molecule has 2 heterocycles. The van der Waals surface area contributed by atoms with Crippen molar-refractivity contribution in [1.29, 1.82) is 0 Å². The van der Waals surface area contributed by atoms with Gasteiger partial charge in [0.15, 0.2) is 0 Å². The van der Waals surface area contributed by atoms with Gasteiger partial charge in [0.1, 0.15) is 11.6 Å². The molecule has 0 saturated heterocycles. The van der Waals surface area contributed by atoms with Crippen LogP contribution in [0.25, 0.3) is 10.9 Å². The van der Waals surface area contributed by atoms with Gasteiger partial charge < -0.3 is 11.1 Å². The number of anilines is 1. The molecule has 3 rings (SSSR count). The number of thiazole rings is 1. The highest BCUT2D eigenvalue weighted by atomic mass is 32.1. The van der Waals surface area contributed by atoms with E-state index in [4.69, 9.17) is 5.73 Å². The highest BCUT2D eigenvalue weighted by molar-refractivity contribution is 7.11. The van der Waals surface area contributed by atoms with Crippen molar-refractivity contribution < 1.29 is 0 Å². The average Bonchev–Trinajstić information content (AvgIpc) is 2.93. The van der Waals surface area contributed by atoms with Gasteiger partial charge in [-0.1, -0.05) is 19.1 Å². The van der Waals surface area contributed by atoms with E-state index in [-0.39, 0.29) is 0 Å². The molecule has 2 aromatic heterocycles. The number of aryl methyl sites for hydroxylation is 2. The highest BCUT2D eigenvalue weighted by Gasteiger charge is 2.10. The molecule has 0 aliphatic carbocycles. The van der Waals surface area contributed by atoms with Crippen molar-refractivity contribution in [3.8, 4) is 0 Å². The summed E-state index contributed by atoms with van der Waals surface area (Å²) in [6.45, 7) is 5.47. The number of nitrogens with zero attached hydrogens (tertiary/aromatic N) is 3. The molecule has 0 aliphatic rings. The zero-order chi connectivity index (χ0) is 16.2. The third-order valence-electron chi connectivity index (χ3n) is 3.65. The van der Waals surface area contributed by atoms with E-state index in [0.29, 0.717) is 13.0 Å². The molecular formula is C17H21N5S. The smallest absolute Gasteiger partial charge is 0.137 e. The first kappa shape index (κ1) is 15.8. The Hall–Kier alpha value is -2.05. The number of aromatic nitrogens is 3. The van der Waals surface area contributed by atoms with E-state index in [9.17, 15) is 0 Å². The highest BCUT2D eigenvalue weighted by Crippen LogP contribution is 2.23. The predicted octanol–water partition coefficient (Wildman–Crippen LogP) is 3.07. The number of fused-ring (bicyclic) bond motifs is 1. The quantitative estimate of drug-likeness (QED) is 0.727. The van der Waals surface area contributed by atoms with Crippen LogP contribution in [0.15, 0.2) is 24.3 Å². The third kappa shape index (κ3) is 3.48. The van der Waals surface area contributed by atoms with Crippen LogP contribution in [0.3, 0.4) is 0 Å². The van der Waals surface area contributed by atoms with Crippen molar-refractivity contribution >= 4 is 28.1 Å². The van der Waals surface area contributed by atoms with Crippen LogP contribution in [0.5, 0.6) is 0 Å². The Balaban J connectivity index is 1.91. The monoisotopic (exact) mass is 327 g/mol. The zero-order valence-electron chi connectivity index (χ0n) is 13.5. The Labute approximate surface area is 140 Å². The van der Waals surface area contributed by atoms with Crippen molar-refractivity contribution in [2.75, 3.05) is 11.9 Å². The minimum Gasteiger partial charge on any atom is -0.364 e. The van der Waals surface area contributed by atoms with Crippen LogP contribution in [0.4, 0.5) is 5.82 Å². The maximum Gasteiger partial charge on any atom is 0.137 e. The molecule has 120 valence electrons. The normalized spacial score (nSPS) is 11.1. The van der Waals surface area contributed by atoms with E-state index in [0.717, 1.165) is 40.5 Å². The summed E-state index contributed by atoms with van der Waals surface area (Å²) in [5.41, 5.74) is 7.77. The molecule has 1 aromatic carbocycles. The molecule has 0 amide bonds. The van der Waals surface area contributed by atoms with E-state index < -0.39 is 0 Å². The van der Waals surface area contributed by atoms with Crippen molar-refractivity contribution in [3.05, 3.63) is 45.7 Å². The maximum absolute atomic E-state index is 5.65. The second kappa shape index (κ2) is 7.02. The van der Waals surface area contributed by atoms with Gasteiger partial charge in [0.05, 0.1) is 22.8 Å². The first-order valence-corrected chi connectivity index (χ1v) is 8.67. The van der Waals surface area contributed by atoms with E-state index in [1.807, 2.05) is 31.2 Å². The number of para-hydroxylation sites is 1. The van der Waals surface area contributed by atoms with Crippen LogP contribution in [0, 0.1) is 6.92 Å². The number of hydrogen-bond donors (Lipinski definition) is 2. The van der Waals surface area contributed by atoms with Gasteiger partial charge in [-0.3, -0.25) is 0 Å². The number of nitrogens with two attached hydrogens (primary N) is 1. The lowest BCUT2D eigenvalue weighted by molar-refractivity contribution is 0.877. The fourth-order valence-electron chi connectivity index (χ4n) is 2.59. The van der Waals surface area contributed by atoms with E-state index in [1.165, 1.54) is 10.6 Å². The lowest BCUT2D eigenvalue weighted by Gasteiger charge is -2.10. The standard InChI is InChI=1S/C17H21N5S/c1-3-13-15(23-11(2)20-13)10-19-17-12-6-4-5-7-14(12)21-16(22-17)8-9-18/h4-7H,3,8-10,18H2,1-2H3,(H,19,21,22). The molecule has 0 unspecified atom stereocenters. The van der Waals surface area contributed by atoms with Crippen LogP contribution in [0.1, 0.15) is 28.3 Å². The van der Waals surface area contributed by atoms with Gasteiger partial charge in [0.25, 0.3) is 0 Å². The fraction of sp³-hybridized carbons (Fsp3) is 0.353. The second-order valence-corrected chi connectivity index (χ2v) is 6.64. The van der Waals surface area contributed by atoms with Gasteiger partial charge in [-0.05, 0) is 32.0 Å². The molecule has 3 aromatic rings. The van der Waals surface area contributed by atoms with Crippen LogP contribution in [0.2, 0.25) is 0 Å². The molecule has 5 nitrogen and oxygen atoms in total. The molecule has 0 aliphatic heterocycles. The number of nitrogens with one attached hydrogen (secondary N) is 1. The molecule has 0 spiro atoms. The first-order chi connectivity index (χ1) is 11.2. The van der Waals surface area contributed by atoms with Crippen molar-refractivity contribution in [3.63, 3.8) is 0 Å². The lowest BCUT2D eigenvalue weighted by Crippen LogP contribution is -2.10. The molecule has 0 bridgehead atoms. The minimum absolute atomic E-state index is 0.547. The Morgan fingerprint density at radius 3 is 2.78 bits per heavy atom. The molecule has 0 atom stereocenters. The first-order valence-electron chi connectivity index (χ1n) is 7.86. The molecule has 0 radical (unpaired) electrons. The Morgan fingerprint density at radius 1 is 1.17 bits per heavy atom.